The summed E-state index contributed by atoms with van der Waals surface area (Å²) in [5, 5.41) is 4.87. The first-order chi connectivity index (χ1) is 14.4. The Bertz CT molecular complexity index is 830. The zero-order valence-electron chi connectivity index (χ0n) is 16.3. The maximum atomic E-state index is 14.6. The van der Waals surface area contributed by atoms with E-state index in [-0.39, 0.29) is 30.6 Å². The van der Waals surface area contributed by atoms with Crippen molar-refractivity contribution in [2.24, 2.45) is 0 Å². The Morgan fingerprint density at radius 2 is 1.93 bits per heavy atom. The normalized spacial score (nSPS) is 24.8. The Balaban J connectivity index is 1.33. The van der Waals surface area contributed by atoms with E-state index in [9.17, 15) is 23.2 Å². The molecule has 2 unspecified atom stereocenters. The molecule has 2 atom stereocenters. The molecule has 3 aliphatic rings. The van der Waals surface area contributed by atoms with Crippen LogP contribution in [0.5, 0.6) is 0 Å². The third kappa shape index (κ3) is 4.38. The molecule has 30 heavy (non-hydrogen) atoms. The van der Waals surface area contributed by atoms with E-state index in [1.165, 1.54) is 0 Å². The first-order valence-electron chi connectivity index (χ1n) is 10.0. The summed E-state index contributed by atoms with van der Waals surface area (Å²) >= 11 is 0. The zero-order valence-corrected chi connectivity index (χ0v) is 16.3. The number of imide groups is 1. The van der Waals surface area contributed by atoms with Crippen LogP contribution < -0.4 is 15.5 Å². The molecule has 0 bridgehead atoms. The molecule has 1 aromatic carbocycles. The molecule has 3 amide bonds. The van der Waals surface area contributed by atoms with Crippen LogP contribution in [0.15, 0.2) is 12.1 Å². The molecule has 2 N–H and O–H groups in total. The van der Waals surface area contributed by atoms with Crippen LogP contribution in [0.1, 0.15) is 37.2 Å². The van der Waals surface area contributed by atoms with Crippen molar-refractivity contribution in [3.05, 3.63) is 29.3 Å². The van der Waals surface area contributed by atoms with E-state index in [4.69, 9.17) is 9.47 Å². The maximum absolute atomic E-state index is 14.6. The van der Waals surface area contributed by atoms with Crippen molar-refractivity contribution >= 4 is 23.6 Å². The van der Waals surface area contributed by atoms with Gasteiger partial charge in [0.25, 0.3) is 0 Å². The molecule has 8 nitrogen and oxygen atoms in total. The minimum absolute atomic E-state index is 0.0389. The molecule has 0 radical (unpaired) electrons. The van der Waals surface area contributed by atoms with Gasteiger partial charge in [0.2, 0.25) is 11.8 Å². The second-order valence-corrected chi connectivity index (χ2v) is 7.82. The number of amides is 3. The van der Waals surface area contributed by atoms with Crippen molar-refractivity contribution in [2.45, 2.75) is 43.7 Å². The van der Waals surface area contributed by atoms with Gasteiger partial charge >= 0.3 is 6.09 Å². The topological polar surface area (TPSA) is 97.0 Å². The third-order valence-electron chi connectivity index (χ3n) is 5.62. The molecule has 0 aliphatic carbocycles. The lowest BCUT2D eigenvalue weighted by Gasteiger charge is -2.40. The van der Waals surface area contributed by atoms with Crippen molar-refractivity contribution < 1.29 is 32.6 Å². The lowest BCUT2D eigenvalue weighted by atomic mass is 9.89. The Morgan fingerprint density at radius 1 is 1.20 bits per heavy atom. The van der Waals surface area contributed by atoms with E-state index >= 15 is 0 Å². The number of rotatable bonds is 4. The maximum Gasteiger partial charge on any atom is 0.407 e. The average molecular weight is 423 g/mol. The molecule has 1 aromatic rings. The number of ether oxygens (including phenoxy) is 2. The first-order valence-corrected chi connectivity index (χ1v) is 10.0. The molecule has 3 saturated heterocycles. The lowest BCUT2D eigenvalue weighted by Crippen LogP contribution is -2.55. The van der Waals surface area contributed by atoms with E-state index in [1.54, 1.807) is 4.90 Å². The number of benzene rings is 1. The highest BCUT2D eigenvalue weighted by Crippen LogP contribution is 2.33. The fraction of sp³-hybridized carbons (Fsp3) is 0.550. The highest BCUT2D eigenvalue weighted by Gasteiger charge is 2.35. The quantitative estimate of drug-likeness (QED) is 0.714. The molecule has 3 fully saturated rings. The molecule has 0 saturated carbocycles. The van der Waals surface area contributed by atoms with Crippen LogP contribution in [0.4, 0.5) is 19.3 Å². The number of hydrogen-bond acceptors (Lipinski definition) is 6. The molecule has 162 valence electrons. The summed E-state index contributed by atoms with van der Waals surface area (Å²) < 4.78 is 39.9. The number of nitrogens with zero attached hydrogens (tertiary/aromatic N) is 1. The van der Waals surface area contributed by atoms with Gasteiger partial charge in [-0.2, -0.15) is 0 Å². The smallest absolute Gasteiger partial charge is 0.407 e. The third-order valence-corrected chi connectivity index (χ3v) is 5.62. The van der Waals surface area contributed by atoms with Gasteiger partial charge in [-0.1, -0.05) is 0 Å². The number of anilines is 1. The van der Waals surface area contributed by atoms with Gasteiger partial charge in [0, 0.05) is 24.3 Å². The second-order valence-electron chi connectivity index (χ2n) is 7.82. The number of halogens is 2. The number of nitrogens with one attached hydrogen (secondary N) is 2. The summed E-state index contributed by atoms with van der Waals surface area (Å²) in [6.07, 6.45) is 0.921. The minimum Gasteiger partial charge on any atom is -0.442 e. The van der Waals surface area contributed by atoms with Gasteiger partial charge in [0.1, 0.15) is 17.7 Å². The van der Waals surface area contributed by atoms with Gasteiger partial charge in [-0.25, -0.2) is 13.6 Å². The number of carbonyl (C=O) groups is 3. The number of hydrogen-bond donors (Lipinski definition) is 2. The molecule has 3 aliphatic heterocycles. The largest absolute Gasteiger partial charge is 0.442 e. The van der Waals surface area contributed by atoms with Gasteiger partial charge in [-0.3, -0.25) is 14.9 Å². The van der Waals surface area contributed by atoms with E-state index in [0.29, 0.717) is 32.0 Å². The van der Waals surface area contributed by atoms with Gasteiger partial charge in [-0.05, 0) is 31.4 Å². The standard InChI is InChI=1S/C20H23F2N3O5/c21-15-6-12(7-16(22)18(15)14-3-4-17(26)24-19(14)27)25-8-13(9-25)30-20(28)23-11-2-1-5-29-10-11/h6-7,11,13-14H,1-5,8-10H2,(H,23,28)(H,24,26,27). The van der Waals surface area contributed by atoms with Crippen molar-refractivity contribution in [3.63, 3.8) is 0 Å². The monoisotopic (exact) mass is 423 g/mol. The highest BCUT2D eigenvalue weighted by atomic mass is 19.1. The number of alkyl carbamates (subject to hydrolysis) is 1. The molecule has 4 rings (SSSR count). The van der Waals surface area contributed by atoms with Crippen LogP contribution in [-0.4, -0.2) is 56.4 Å². The first kappa shape index (κ1) is 20.5. The van der Waals surface area contributed by atoms with Crippen molar-refractivity contribution in [2.75, 3.05) is 31.2 Å². The van der Waals surface area contributed by atoms with Crippen LogP contribution in [-0.2, 0) is 19.1 Å². The fourth-order valence-electron chi connectivity index (χ4n) is 3.99. The second kappa shape index (κ2) is 8.55. The van der Waals surface area contributed by atoms with Crippen molar-refractivity contribution in [3.8, 4) is 0 Å². The predicted molar refractivity (Wildman–Crippen MR) is 101 cm³/mol. The molecule has 0 aromatic heterocycles. The summed E-state index contributed by atoms with van der Waals surface area (Å²) in [6, 6.07) is 2.26. The van der Waals surface area contributed by atoms with Gasteiger partial charge in [-0.15, -0.1) is 0 Å². The van der Waals surface area contributed by atoms with Crippen molar-refractivity contribution in [1.29, 1.82) is 0 Å². The molecule has 10 heteroatoms. The van der Waals surface area contributed by atoms with Crippen LogP contribution in [0.2, 0.25) is 0 Å². The van der Waals surface area contributed by atoms with Gasteiger partial charge in [0.15, 0.2) is 0 Å². The SMILES string of the molecule is O=C1CCC(c2c(F)cc(N3CC(OC(=O)NC4CCCOC4)C3)cc2F)C(=O)N1. The van der Waals surface area contributed by atoms with E-state index in [1.807, 2.05) is 0 Å². The Morgan fingerprint density at radius 3 is 2.57 bits per heavy atom. The van der Waals surface area contributed by atoms with E-state index in [0.717, 1.165) is 25.0 Å². The Labute approximate surface area is 171 Å². The minimum atomic E-state index is -1.03. The molecular formula is C20H23F2N3O5. The Hall–Kier alpha value is -2.75. The van der Waals surface area contributed by atoms with Crippen LogP contribution in [0.25, 0.3) is 0 Å². The fourth-order valence-corrected chi connectivity index (χ4v) is 3.99. The summed E-state index contributed by atoms with van der Waals surface area (Å²) in [7, 11) is 0. The van der Waals surface area contributed by atoms with E-state index < -0.39 is 35.5 Å². The van der Waals surface area contributed by atoms with Gasteiger partial charge in [0.05, 0.1) is 31.7 Å². The summed E-state index contributed by atoms with van der Waals surface area (Å²) in [4.78, 5) is 36.8. The summed E-state index contributed by atoms with van der Waals surface area (Å²) in [5.74, 6) is -3.83. The zero-order chi connectivity index (χ0) is 21.3. The highest BCUT2D eigenvalue weighted by molar-refractivity contribution is 6.01. The van der Waals surface area contributed by atoms with Gasteiger partial charge < -0.3 is 19.7 Å². The van der Waals surface area contributed by atoms with Crippen molar-refractivity contribution in [1.82, 2.24) is 10.6 Å². The van der Waals surface area contributed by atoms with E-state index in [2.05, 4.69) is 10.6 Å². The Kier molecular flexibility index (Phi) is 5.85. The average Bonchev–Trinajstić information content (AvgIpc) is 2.66. The predicted octanol–water partition coefficient (Wildman–Crippen LogP) is 1.58. The van der Waals surface area contributed by atoms with Crippen LogP contribution in [0.3, 0.4) is 0 Å². The lowest BCUT2D eigenvalue weighted by molar-refractivity contribution is -0.134. The number of carbonyl (C=O) groups excluding carboxylic acids is 3. The summed E-state index contributed by atoms with van der Waals surface area (Å²) in [5.41, 5.74) is -0.0202. The van der Waals surface area contributed by atoms with Crippen LogP contribution in [0, 0.1) is 11.6 Å². The molecule has 3 heterocycles. The van der Waals surface area contributed by atoms with Crippen LogP contribution >= 0.6 is 0 Å². The summed E-state index contributed by atoms with van der Waals surface area (Å²) in [6.45, 7) is 1.78. The molecule has 0 spiro atoms. The molecular weight excluding hydrogens is 400 g/mol. The number of piperidine rings is 1.